The fourth-order valence-electron chi connectivity index (χ4n) is 1.84. The summed E-state index contributed by atoms with van der Waals surface area (Å²) in [6.45, 7) is 1.94. The second kappa shape index (κ2) is 6.07. The van der Waals surface area contributed by atoms with E-state index in [-0.39, 0.29) is 11.9 Å². The van der Waals surface area contributed by atoms with Crippen LogP contribution in [0, 0.1) is 11.8 Å². The van der Waals surface area contributed by atoms with E-state index in [1.807, 2.05) is 30.3 Å². The number of hydrogen-bond acceptors (Lipinski definition) is 2. The smallest absolute Gasteiger partial charge is 0.296 e. The number of carbonyl (C=O) groups excluding carboxylic acids is 1. The van der Waals surface area contributed by atoms with Gasteiger partial charge in [-0.1, -0.05) is 24.1 Å². The van der Waals surface area contributed by atoms with E-state index in [0.717, 1.165) is 31.5 Å². The summed E-state index contributed by atoms with van der Waals surface area (Å²) in [5.74, 6) is 5.30. The largest absolute Gasteiger partial charge is 0.342 e. The van der Waals surface area contributed by atoms with Gasteiger partial charge in [0.25, 0.3) is 5.91 Å². The minimum atomic E-state index is -0.180. The first-order valence-electron chi connectivity index (χ1n) is 5.93. The molecule has 3 heteroatoms. The third-order valence-electron chi connectivity index (χ3n) is 2.77. The summed E-state index contributed by atoms with van der Waals surface area (Å²) >= 11 is 0. The highest BCUT2D eigenvalue weighted by Crippen LogP contribution is 2.01. The van der Waals surface area contributed by atoms with Gasteiger partial charge in [0.2, 0.25) is 0 Å². The molecule has 0 bridgehead atoms. The van der Waals surface area contributed by atoms with Crippen molar-refractivity contribution in [2.75, 3.05) is 13.1 Å². The standard InChI is InChI=1S/C14H16N2O/c17-14(16-13-8-10-15-11-9-13)7-6-12-4-2-1-3-5-12/h1-5,13,15H,8-11H2,(H,16,17). The van der Waals surface area contributed by atoms with Gasteiger partial charge in [-0.25, -0.2) is 0 Å². The van der Waals surface area contributed by atoms with Crippen LogP contribution in [0.15, 0.2) is 30.3 Å². The van der Waals surface area contributed by atoms with Crippen LogP contribution in [-0.2, 0) is 4.79 Å². The van der Waals surface area contributed by atoms with Gasteiger partial charge in [0.05, 0.1) is 0 Å². The molecule has 0 atom stereocenters. The molecule has 1 saturated heterocycles. The zero-order valence-corrected chi connectivity index (χ0v) is 9.70. The molecule has 2 N–H and O–H groups in total. The molecule has 0 aromatic heterocycles. The van der Waals surface area contributed by atoms with Gasteiger partial charge in [0, 0.05) is 17.5 Å². The molecule has 1 aliphatic rings. The number of piperidine rings is 1. The van der Waals surface area contributed by atoms with Gasteiger partial charge >= 0.3 is 0 Å². The Morgan fingerprint density at radius 3 is 2.65 bits per heavy atom. The number of hydrogen-bond donors (Lipinski definition) is 2. The number of benzene rings is 1. The van der Waals surface area contributed by atoms with Gasteiger partial charge in [0.15, 0.2) is 0 Å². The van der Waals surface area contributed by atoms with E-state index in [1.54, 1.807) is 0 Å². The van der Waals surface area contributed by atoms with E-state index in [9.17, 15) is 4.79 Å². The lowest BCUT2D eigenvalue weighted by Gasteiger charge is -2.22. The van der Waals surface area contributed by atoms with Crippen molar-refractivity contribution in [3.8, 4) is 11.8 Å². The molecule has 0 aliphatic carbocycles. The van der Waals surface area contributed by atoms with E-state index < -0.39 is 0 Å². The lowest BCUT2D eigenvalue weighted by Crippen LogP contribution is -2.42. The highest BCUT2D eigenvalue weighted by atomic mass is 16.1. The molecule has 88 valence electrons. The Morgan fingerprint density at radius 1 is 1.24 bits per heavy atom. The van der Waals surface area contributed by atoms with Crippen molar-refractivity contribution in [1.29, 1.82) is 0 Å². The summed E-state index contributed by atoms with van der Waals surface area (Å²) in [7, 11) is 0. The van der Waals surface area contributed by atoms with Crippen LogP contribution in [0.3, 0.4) is 0 Å². The first kappa shape index (κ1) is 11.7. The zero-order valence-electron chi connectivity index (χ0n) is 9.70. The van der Waals surface area contributed by atoms with E-state index in [2.05, 4.69) is 22.5 Å². The van der Waals surface area contributed by atoms with E-state index in [4.69, 9.17) is 0 Å². The molecule has 1 aliphatic heterocycles. The first-order chi connectivity index (χ1) is 8.34. The van der Waals surface area contributed by atoms with Gasteiger partial charge in [-0.15, -0.1) is 0 Å². The number of nitrogens with one attached hydrogen (secondary N) is 2. The number of rotatable bonds is 1. The van der Waals surface area contributed by atoms with Gasteiger partial charge in [-0.3, -0.25) is 4.79 Å². The normalized spacial score (nSPS) is 15.8. The molecule has 0 unspecified atom stereocenters. The Hall–Kier alpha value is -1.79. The molecule has 3 nitrogen and oxygen atoms in total. The summed E-state index contributed by atoms with van der Waals surface area (Å²) in [4.78, 5) is 11.6. The van der Waals surface area contributed by atoms with Crippen LogP contribution < -0.4 is 10.6 Å². The minimum absolute atomic E-state index is 0.180. The van der Waals surface area contributed by atoms with Crippen molar-refractivity contribution in [2.45, 2.75) is 18.9 Å². The Morgan fingerprint density at radius 2 is 1.94 bits per heavy atom. The summed E-state index contributed by atoms with van der Waals surface area (Å²) in [5.41, 5.74) is 0.868. The minimum Gasteiger partial charge on any atom is -0.342 e. The molecule has 0 spiro atoms. The van der Waals surface area contributed by atoms with E-state index >= 15 is 0 Å². The van der Waals surface area contributed by atoms with Gasteiger partial charge in [0.1, 0.15) is 0 Å². The summed E-state index contributed by atoms with van der Waals surface area (Å²) in [6, 6.07) is 9.81. The Bertz CT molecular complexity index is 425. The lowest BCUT2D eigenvalue weighted by molar-refractivity contribution is -0.116. The van der Waals surface area contributed by atoms with Gasteiger partial charge < -0.3 is 10.6 Å². The average molecular weight is 228 g/mol. The molecule has 2 rings (SSSR count). The van der Waals surface area contributed by atoms with Crippen LogP contribution in [0.1, 0.15) is 18.4 Å². The summed E-state index contributed by atoms with van der Waals surface area (Å²) < 4.78 is 0. The fourth-order valence-corrected chi connectivity index (χ4v) is 1.84. The molecule has 1 heterocycles. The van der Waals surface area contributed by atoms with Crippen LogP contribution >= 0.6 is 0 Å². The van der Waals surface area contributed by atoms with Crippen LogP contribution in [0.2, 0.25) is 0 Å². The fraction of sp³-hybridized carbons (Fsp3) is 0.357. The van der Waals surface area contributed by atoms with Crippen LogP contribution in [0.4, 0.5) is 0 Å². The highest BCUT2D eigenvalue weighted by Gasteiger charge is 2.13. The maximum Gasteiger partial charge on any atom is 0.296 e. The van der Waals surface area contributed by atoms with Crippen LogP contribution in [-0.4, -0.2) is 25.0 Å². The molecule has 0 radical (unpaired) electrons. The van der Waals surface area contributed by atoms with Crippen LogP contribution in [0.5, 0.6) is 0 Å². The lowest BCUT2D eigenvalue weighted by atomic mass is 10.1. The van der Waals surface area contributed by atoms with Gasteiger partial charge in [-0.05, 0) is 38.1 Å². The van der Waals surface area contributed by atoms with Crippen molar-refractivity contribution < 1.29 is 4.79 Å². The van der Waals surface area contributed by atoms with Crippen molar-refractivity contribution in [3.63, 3.8) is 0 Å². The van der Waals surface area contributed by atoms with Crippen molar-refractivity contribution >= 4 is 5.91 Å². The molecule has 0 saturated carbocycles. The van der Waals surface area contributed by atoms with Crippen LogP contribution in [0.25, 0.3) is 0 Å². The Balaban J connectivity index is 1.87. The molecular weight excluding hydrogens is 212 g/mol. The third-order valence-corrected chi connectivity index (χ3v) is 2.77. The Labute approximate surface area is 102 Å². The van der Waals surface area contributed by atoms with E-state index in [1.165, 1.54) is 0 Å². The first-order valence-corrected chi connectivity index (χ1v) is 5.93. The number of amides is 1. The van der Waals surface area contributed by atoms with E-state index in [0.29, 0.717) is 0 Å². The predicted molar refractivity (Wildman–Crippen MR) is 67.4 cm³/mol. The summed E-state index contributed by atoms with van der Waals surface area (Å²) in [5, 5.41) is 6.20. The molecule has 17 heavy (non-hydrogen) atoms. The zero-order chi connectivity index (χ0) is 11.9. The monoisotopic (exact) mass is 228 g/mol. The summed E-state index contributed by atoms with van der Waals surface area (Å²) in [6.07, 6.45) is 1.97. The van der Waals surface area contributed by atoms with Crippen molar-refractivity contribution in [1.82, 2.24) is 10.6 Å². The van der Waals surface area contributed by atoms with Crippen molar-refractivity contribution in [2.24, 2.45) is 0 Å². The third kappa shape index (κ3) is 3.93. The molecular formula is C14H16N2O. The average Bonchev–Trinajstić information content (AvgIpc) is 2.39. The highest BCUT2D eigenvalue weighted by molar-refractivity contribution is 5.94. The quantitative estimate of drug-likeness (QED) is 0.701. The SMILES string of the molecule is O=C(C#Cc1ccccc1)NC1CCNCC1. The second-order valence-corrected chi connectivity index (χ2v) is 4.11. The molecule has 1 fully saturated rings. The predicted octanol–water partition coefficient (Wildman–Crippen LogP) is 0.906. The van der Waals surface area contributed by atoms with Gasteiger partial charge in [-0.2, -0.15) is 0 Å². The second-order valence-electron chi connectivity index (χ2n) is 4.11. The Kier molecular flexibility index (Phi) is 4.17. The van der Waals surface area contributed by atoms with Crippen molar-refractivity contribution in [3.05, 3.63) is 35.9 Å². The maximum absolute atomic E-state index is 11.6. The number of carbonyl (C=O) groups is 1. The maximum atomic E-state index is 11.6. The molecule has 1 amide bonds. The molecule has 1 aromatic carbocycles. The topological polar surface area (TPSA) is 41.1 Å². The molecule has 1 aromatic rings.